The van der Waals surface area contributed by atoms with Crippen LogP contribution in [-0.2, 0) is 0 Å². The summed E-state index contributed by atoms with van der Waals surface area (Å²) in [6.45, 7) is 10.5. The predicted molar refractivity (Wildman–Crippen MR) is 82.3 cm³/mol. The first-order valence-corrected chi connectivity index (χ1v) is 7.73. The monoisotopic (exact) mass is 260 g/mol. The van der Waals surface area contributed by atoms with E-state index in [0.717, 1.165) is 18.9 Å². The van der Waals surface area contributed by atoms with Gasteiger partial charge in [0.05, 0.1) is 0 Å². The Morgan fingerprint density at radius 1 is 1.26 bits per heavy atom. The van der Waals surface area contributed by atoms with Crippen LogP contribution in [0.1, 0.15) is 45.2 Å². The molecule has 1 heterocycles. The third kappa shape index (κ3) is 4.05. The van der Waals surface area contributed by atoms with E-state index >= 15 is 0 Å². The van der Waals surface area contributed by atoms with Crippen molar-refractivity contribution in [2.75, 3.05) is 19.6 Å². The molecular formula is C17H28N2. The summed E-state index contributed by atoms with van der Waals surface area (Å²) < 4.78 is 0. The topological polar surface area (TPSA) is 15.3 Å². The Morgan fingerprint density at radius 3 is 2.58 bits per heavy atom. The first-order chi connectivity index (χ1) is 9.20. The van der Waals surface area contributed by atoms with Crippen molar-refractivity contribution in [1.29, 1.82) is 0 Å². The molecule has 0 amide bonds. The minimum atomic E-state index is 0.509. The SMILES string of the molecule is CCC(NCC1CCN(C(C)C)C1)c1ccccc1. The summed E-state index contributed by atoms with van der Waals surface area (Å²) in [4.78, 5) is 2.59. The van der Waals surface area contributed by atoms with Crippen molar-refractivity contribution in [3.05, 3.63) is 35.9 Å². The van der Waals surface area contributed by atoms with Crippen LogP contribution < -0.4 is 5.32 Å². The summed E-state index contributed by atoms with van der Waals surface area (Å²) in [6, 6.07) is 12.0. The van der Waals surface area contributed by atoms with Crippen molar-refractivity contribution in [1.82, 2.24) is 10.2 Å². The number of benzene rings is 1. The standard InChI is InChI=1S/C17H28N2/c1-4-17(16-8-6-5-7-9-16)18-12-15-10-11-19(13-15)14(2)3/h5-9,14-15,17-18H,4,10-13H2,1-3H3. The average Bonchev–Trinajstić information content (AvgIpc) is 2.90. The van der Waals surface area contributed by atoms with Gasteiger partial charge in [-0.3, -0.25) is 0 Å². The van der Waals surface area contributed by atoms with Crippen LogP contribution in [0.4, 0.5) is 0 Å². The van der Waals surface area contributed by atoms with Gasteiger partial charge in [-0.2, -0.15) is 0 Å². The summed E-state index contributed by atoms with van der Waals surface area (Å²) in [5.74, 6) is 0.820. The minimum Gasteiger partial charge on any atom is -0.310 e. The van der Waals surface area contributed by atoms with E-state index in [-0.39, 0.29) is 0 Å². The lowest BCUT2D eigenvalue weighted by Crippen LogP contribution is -2.31. The van der Waals surface area contributed by atoms with Crippen molar-refractivity contribution < 1.29 is 0 Å². The molecule has 1 N–H and O–H groups in total. The van der Waals surface area contributed by atoms with Crippen LogP contribution in [0, 0.1) is 5.92 Å². The molecule has 0 aromatic heterocycles. The third-order valence-electron chi connectivity index (χ3n) is 4.31. The van der Waals surface area contributed by atoms with E-state index < -0.39 is 0 Å². The molecule has 0 radical (unpaired) electrons. The second-order valence-corrected chi connectivity index (χ2v) is 6.02. The average molecular weight is 260 g/mol. The molecular weight excluding hydrogens is 232 g/mol. The Morgan fingerprint density at radius 2 is 2.00 bits per heavy atom. The van der Waals surface area contributed by atoms with Gasteiger partial charge in [-0.15, -0.1) is 0 Å². The number of hydrogen-bond donors (Lipinski definition) is 1. The van der Waals surface area contributed by atoms with Crippen molar-refractivity contribution in [2.45, 2.75) is 45.7 Å². The van der Waals surface area contributed by atoms with Gasteiger partial charge in [-0.05, 0) is 51.3 Å². The summed E-state index contributed by atoms with van der Waals surface area (Å²) in [5, 5.41) is 3.76. The van der Waals surface area contributed by atoms with Crippen LogP contribution in [-0.4, -0.2) is 30.6 Å². The number of likely N-dealkylation sites (tertiary alicyclic amines) is 1. The molecule has 0 saturated carbocycles. The molecule has 106 valence electrons. The van der Waals surface area contributed by atoms with Gasteiger partial charge in [0, 0.05) is 18.6 Å². The number of hydrogen-bond acceptors (Lipinski definition) is 2. The van der Waals surface area contributed by atoms with Crippen molar-refractivity contribution in [3.63, 3.8) is 0 Å². The van der Waals surface area contributed by atoms with E-state index in [4.69, 9.17) is 0 Å². The Bertz CT molecular complexity index is 361. The van der Waals surface area contributed by atoms with E-state index in [0.29, 0.717) is 12.1 Å². The lowest BCUT2D eigenvalue weighted by Gasteiger charge is -2.22. The molecule has 1 aliphatic rings. The lowest BCUT2D eigenvalue weighted by atomic mass is 10.0. The molecule has 0 spiro atoms. The minimum absolute atomic E-state index is 0.509. The molecule has 1 aromatic carbocycles. The Balaban J connectivity index is 1.81. The molecule has 2 nitrogen and oxygen atoms in total. The highest BCUT2D eigenvalue weighted by Crippen LogP contribution is 2.20. The molecule has 2 atom stereocenters. The molecule has 2 unspecified atom stereocenters. The van der Waals surface area contributed by atoms with E-state index in [1.165, 1.54) is 25.1 Å². The largest absolute Gasteiger partial charge is 0.310 e. The van der Waals surface area contributed by atoms with Crippen LogP contribution in [0.2, 0.25) is 0 Å². The highest BCUT2D eigenvalue weighted by molar-refractivity contribution is 5.18. The maximum Gasteiger partial charge on any atom is 0.0317 e. The number of rotatable bonds is 6. The summed E-state index contributed by atoms with van der Waals surface area (Å²) in [6.07, 6.45) is 2.50. The molecule has 19 heavy (non-hydrogen) atoms. The molecule has 0 bridgehead atoms. The molecule has 1 aliphatic heterocycles. The second-order valence-electron chi connectivity index (χ2n) is 6.02. The first-order valence-electron chi connectivity index (χ1n) is 7.73. The predicted octanol–water partition coefficient (Wildman–Crippen LogP) is 3.46. The quantitative estimate of drug-likeness (QED) is 0.842. The number of nitrogens with one attached hydrogen (secondary N) is 1. The van der Waals surface area contributed by atoms with Crippen molar-refractivity contribution >= 4 is 0 Å². The molecule has 1 aromatic rings. The van der Waals surface area contributed by atoms with Crippen LogP contribution in [0.25, 0.3) is 0 Å². The van der Waals surface area contributed by atoms with E-state index in [1.807, 2.05) is 0 Å². The summed E-state index contributed by atoms with van der Waals surface area (Å²) in [7, 11) is 0. The highest BCUT2D eigenvalue weighted by atomic mass is 15.2. The Labute approximate surface area is 118 Å². The zero-order valence-corrected chi connectivity index (χ0v) is 12.6. The smallest absolute Gasteiger partial charge is 0.0317 e. The zero-order valence-electron chi connectivity index (χ0n) is 12.6. The molecule has 2 heteroatoms. The van der Waals surface area contributed by atoms with Gasteiger partial charge < -0.3 is 10.2 Å². The van der Waals surface area contributed by atoms with E-state index in [2.05, 4.69) is 61.3 Å². The van der Waals surface area contributed by atoms with E-state index in [1.54, 1.807) is 0 Å². The lowest BCUT2D eigenvalue weighted by molar-refractivity contribution is 0.262. The van der Waals surface area contributed by atoms with Gasteiger partial charge in [0.25, 0.3) is 0 Å². The number of nitrogens with zero attached hydrogens (tertiary/aromatic N) is 1. The first kappa shape index (κ1) is 14.5. The highest BCUT2D eigenvalue weighted by Gasteiger charge is 2.24. The van der Waals surface area contributed by atoms with Gasteiger partial charge in [0.15, 0.2) is 0 Å². The summed E-state index contributed by atoms with van der Waals surface area (Å²) >= 11 is 0. The normalized spacial score (nSPS) is 22.0. The van der Waals surface area contributed by atoms with Gasteiger partial charge >= 0.3 is 0 Å². The van der Waals surface area contributed by atoms with Crippen molar-refractivity contribution in [3.8, 4) is 0 Å². The van der Waals surface area contributed by atoms with Gasteiger partial charge in [0.1, 0.15) is 0 Å². The fraction of sp³-hybridized carbons (Fsp3) is 0.647. The molecule has 1 fully saturated rings. The van der Waals surface area contributed by atoms with Gasteiger partial charge in [0.2, 0.25) is 0 Å². The molecule has 0 aliphatic carbocycles. The fourth-order valence-electron chi connectivity index (χ4n) is 2.99. The van der Waals surface area contributed by atoms with Gasteiger partial charge in [-0.25, -0.2) is 0 Å². The molecule has 1 saturated heterocycles. The third-order valence-corrected chi connectivity index (χ3v) is 4.31. The second kappa shape index (κ2) is 7.06. The Kier molecular flexibility index (Phi) is 5.41. The Hall–Kier alpha value is -0.860. The molecule has 2 rings (SSSR count). The van der Waals surface area contributed by atoms with Crippen LogP contribution >= 0.6 is 0 Å². The summed E-state index contributed by atoms with van der Waals surface area (Å²) in [5.41, 5.74) is 1.42. The van der Waals surface area contributed by atoms with Gasteiger partial charge in [-0.1, -0.05) is 37.3 Å². The maximum atomic E-state index is 3.76. The van der Waals surface area contributed by atoms with Crippen LogP contribution in [0.15, 0.2) is 30.3 Å². The van der Waals surface area contributed by atoms with Crippen LogP contribution in [0.3, 0.4) is 0 Å². The van der Waals surface area contributed by atoms with Crippen LogP contribution in [0.5, 0.6) is 0 Å². The maximum absolute atomic E-state index is 3.76. The van der Waals surface area contributed by atoms with Crippen molar-refractivity contribution in [2.24, 2.45) is 5.92 Å². The van der Waals surface area contributed by atoms with E-state index in [9.17, 15) is 0 Å². The fourth-order valence-corrected chi connectivity index (χ4v) is 2.99. The zero-order chi connectivity index (χ0) is 13.7.